The minimum absolute atomic E-state index is 0.00509. The van der Waals surface area contributed by atoms with Gasteiger partial charge in [-0.15, -0.1) is 0 Å². The molecular formula is C20H29N3O3. The lowest BCUT2D eigenvalue weighted by Gasteiger charge is -2.37. The van der Waals surface area contributed by atoms with Crippen molar-refractivity contribution < 1.29 is 14.3 Å². The fourth-order valence-corrected chi connectivity index (χ4v) is 3.56. The Labute approximate surface area is 155 Å². The number of para-hydroxylation sites is 2. The highest BCUT2D eigenvalue weighted by molar-refractivity contribution is 5.88. The average Bonchev–Trinajstić information content (AvgIpc) is 2.58. The van der Waals surface area contributed by atoms with Gasteiger partial charge >= 0.3 is 0 Å². The van der Waals surface area contributed by atoms with Gasteiger partial charge in [-0.2, -0.15) is 0 Å². The lowest BCUT2D eigenvalue weighted by atomic mass is 9.84. The summed E-state index contributed by atoms with van der Waals surface area (Å²) in [5.74, 6) is 0.873. The summed E-state index contributed by atoms with van der Waals surface area (Å²) in [5.41, 5.74) is 1.10. The number of nitrogens with one attached hydrogen (secondary N) is 1. The number of ether oxygens (including phenoxy) is 1. The van der Waals surface area contributed by atoms with Crippen molar-refractivity contribution in [2.24, 2.45) is 5.92 Å². The molecule has 1 N–H and O–H groups in total. The van der Waals surface area contributed by atoms with Gasteiger partial charge in [0.1, 0.15) is 17.9 Å². The Morgan fingerprint density at radius 1 is 1.35 bits per heavy atom. The maximum atomic E-state index is 12.6. The molecule has 0 spiro atoms. The third-order valence-corrected chi connectivity index (χ3v) is 5.36. The molecule has 142 valence electrons. The Balaban J connectivity index is 1.56. The number of carbonyl (C=O) groups excluding carboxylic acids is 2. The third kappa shape index (κ3) is 3.94. The van der Waals surface area contributed by atoms with Crippen molar-refractivity contribution in [3.05, 3.63) is 24.3 Å². The van der Waals surface area contributed by atoms with Gasteiger partial charge in [-0.25, -0.2) is 0 Å². The topological polar surface area (TPSA) is 61.9 Å². The Morgan fingerprint density at radius 2 is 2.08 bits per heavy atom. The molecule has 1 aromatic rings. The summed E-state index contributed by atoms with van der Waals surface area (Å²) in [6, 6.07) is 7.48. The molecule has 6 nitrogen and oxygen atoms in total. The van der Waals surface area contributed by atoms with Gasteiger partial charge in [-0.05, 0) is 38.8 Å². The van der Waals surface area contributed by atoms with E-state index >= 15 is 0 Å². The molecule has 1 heterocycles. The first-order valence-corrected chi connectivity index (χ1v) is 9.55. The molecule has 0 radical (unpaired) electrons. The first-order chi connectivity index (χ1) is 12.5. The SMILES string of the molecule is CCN1CC(CN(C)C(=O)C(C)NC(=O)C2CCC2)Oc2ccccc21. The van der Waals surface area contributed by atoms with Gasteiger partial charge in [-0.1, -0.05) is 18.6 Å². The molecule has 0 bridgehead atoms. The first kappa shape index (κ1) is 18.5. The van der Waals surface area contributed by atoms with Crippen LogP contribution in [0.1, 0.15) is 33.1 Å². The predicted molar refractivity (Wildman–Crippen MR) is 101 cm³/mol. The maximum absolute atomic E-state index is 12.6. The standard InChI is InChI=1S/C20H29N3O3/c1-4-23-13-16(26-18-11-6-5-10-17(18)23)12-22(3)20(25)14(2)21-19(24)15-8-7-9-15/h5-6,10-11,14-16H,4,7-9,12-13H2,1-3H3,(H,21,24). The number of hydrogen-bond acceptors (Lipinski definition) is 4. The zero-order valence-corrected chi connectivity index (χ0v) is 15.9. The van der Waals surface area contributed by atoms with E-state index < -0.39 is 6.04 Å². The number of amides is 2. The van der Waals surface area contributed by atoms with E-state index in [1.807, 2.05) is 18.2 Å². The highest BCUT2D eigenvalue weighted by Gasteiger charge is 2.30. The van der Waals surface area contributed by atoms with Gasteiger partial charge in [0.25, 0.3) is 0 Å². The van der Waals surface area contributed by atoms with Gasteiger partial charge < -0.3 is 19.9 Å². The second kappa shape index (κ2) is 7.98. The number of hydrogen-bond donors (Lipinski definition) is 1. The zero-order chi connectivity index (χ0) is 18.7. The Bertz CT molecular complexity index is 659. The molecule has 2 unspecified atom stereocenters. The summed E-state index contributed by atoms with van der Waals surface area (Å²) in [4.78, 5) is 28.6. The molecular weight excluding hydrogens is 330 g/mol. The summed E-state index contributed by atoms with van der Waals surface area (Å²) in [5, 5.41) is 2.85. The van der Waals surface area contributed by atoms with Gasteiger partial charge in [0, 0.05) is 19.5 Å². The maximum Gasteiger partial charge on any atom is 0.244 e. The Hall–Kier alpha value is -2.24. The van der Waals surface area contributed by atoms with Crippen LogP contribution in [-0.4, -0.2) is 55.5 Å². The van der Waals surface area contributed by atoms with Crippen molar-refractivity contribution in [1.82, 2.24) is 10.2 Å². The van der Waals surface area contributed by atoms with Crippen molar-refractivity contribution >= 4 is 17.5 Å². The number of benzene rings is 1. The molecule has 26 heavy (non-hydrogen) atoms. The zero-order valence-electron chi connectivity index (χ0n) is 15.9. The monoisotopic (exact) mass is 359 g/mol. The third-order valence-electron chi connectivity index (χ3n) is 5.36. The van der Waals surface area contributed by atoms with Gasteiger partial charge in [0.2, 0.25) is 11.8 Å². The fourth-order valence-electron chi connectivity index (χ4n) is 3.56. The summed E-state index contributed by atoms with van der Waals surface area (Å²) in [7, 11) is 1.77. The molecule has 1 fully saturated rings. The molecule has 2 aliphatic rings. The summed E-state index contributed by atoms with van der Waals surface area (Å²) in [6.45, 7) is 6.00. The van der Waals surface area contributed by atoms with E-state index in [1.54, 1.807) is 18.9 Å². The summed E-state index contributed by atoms with van der Waals surface area (Å²) in [6.07, 6.45) is 2.89. The van der Waals surface area contributed by atoms with E-state index in [9.17, 15) is 9.59 Å². The minimum Gasteiger partial charge on any atom is -0.485 e. The van der Waals surface area contributed by atoms with Crippen LogP contribution >= 0.6 is 0 Å². The molecule has 1 saturated carbocycles. The van der Waals surface area contributed by atoms with Crippen LogP contribution in [0.2, 0.25) is 0 Å². The van der Waals surface area contributed by atoms with Crippen LogP contribution in [-0.2, 0) is 9.59 Å². The number of fused-ring (bicyclic) bond motifs is 1. The van der Waals surface area contributed by atoms with E-state index in [0.717, 1.165) is 43.8 Å². The molecule has 0 saturated heterocycles. The van der Waals surface area contributed by atoms with Crippen LogP contribution in [0.3, 0.4) is 0 Å². The molecule has 1 aromatic carbocycles. The molecule has 2 atom stereocenters. The van der Waals surface area contributed by atoms with Crippen molar-refractivity contribution in [2.45, 2.75) is 45.3 Å². The largest absolute Gasteiger partial charge is 0.485 e. The van der Waals surface area contributed by atoms with Crippen molar-refractivity contribution in [2.75, 3.05) is 31.6 Å². The minimum atomic E-state index is -0.508. The normalized spacial score (nSPS) is 20.4. The second-order valence-electron chi connectivity index (χ2n) is 7.32. The van der Waals surface area contributed by atoms with E-state index in [0.29, 0.717) is 6.54 Å². The van der Waals surface area contributed by atoms with Crippen molar-refractivity contribution in [3.63, 3.8) is 0 Å². The quantitative estimate of drug-likeness (QED) is 0.844. The number of likely N-dealkylation sites (N-methyl/N-ethyl adjacent to an activating group) is 2. The second-order valence-corrected chi connectivity index (χ2v) is 7.32. The molecule has 3 rings (SSSR count). The first-order valence-electron chi connectivity index (χ1n) is 9.55. The molecule has 1 aliphatic carbocycles. The summed E-state index contributed by atoms with van der Waals surface area (Å²) < 4.78 is 6.09. The van der Waals surface area contributed by atoms with Crippen LogP contribution in [0.15, 0.2) is 24.3 Å². The van der Waals surface area contributed by atoms with E-state index in [2.05, 4.69) is 23.2 Å². The molecule has 6 heteroatoms. The Kier molecular flexibility index (Phi) is 5.69. The average molecular weight is 359 g/mol. The molecule has 2 amide bonds. The van der Waals surface area contributed by atoms with Crippen LogP contribution in [0.5, 0.6) is 5.75 Å². The number of anilines is 1. The molecule has 0 aromatic heterocycles. The number of nitrogens with zero attached hydrogens (tertiary/aromatic N) is 2. The smallest absolute Gasteiger partial charge is 0.244 e. The Morgan fingerprint density at radius 3 is 2.73 bits per heavy atom. The van der Waals surface area contributed by atoms with Crippen molar-refractivity contribution in [1.29, 1.82) is 0 Å². The van der Waals surface area contributed by atoms with Gasteiger partial charge in [0.05, 0.1) is 18.8 Å². The fraction of sp³-hybridized carbons (Fsp3) is 0.600. The van der Waals surface area contributed by atoms with Crippen LogP contribution < -0.4 is 15.0 Å². The lowest BCUT2D eigenvalue weighted by Crippen LogP contribution is -2.52. The summed E-state index contributed by atoms with van der Waals surface area (Å²) >= 11 is 0. The highest BCUT2D eigenvalue weighted by atomic mass is 16.5. The number of carbonyl (C=O) groups is 2. The van der Waals surface area contributed by atoms with Crippen LogP contribution in [0, 0.1) is 5.92 Å². The predicted octanol–water partition coefficient (Wildman–Crippen LogP) is 2.04. The van der Waals surface area contributed by atoms with Gasteiger partial charge in [0.15, 0.2) is 0 Å². The van der Waals surface area contributed by atoms with Crippen LogP contribution in [0.25, 0.3) is 0 Å². The molecule has 1 aliphatic heterocycles. The van der Waals surface area contributed by atoms with Crippen molar-refractivity contribution in [3.8, 4) is 5.75 Å². The number of rotatable bonds is 6. The van der Waals surface area contributed by atoms with Gasteiger partial charge in [-0.3, -0.25) is 9.59 Å². The van der Waals surface area contributed by atoms with E-state index in [-0.39, 0.29) is 23.8 Å². The highest BCUT2D eigenvalue weighted by Crippen LogP contribution is 2.32. The lowest BCUT2D eigenvalue weighted by molar-refractivity contribution is -0.137. The van der Waals surface area contributed by atoms with E-state index in [1.165, 1.54) is 0 Å². The van der Waals surface area contributed by atoms with Crippen LogP contribution in [0.4, 0.5) is 5.69 Å². The van der Waals surface area contributed by atoms with E-state index in [4.69, 9.17) is 4.74 Å².